The van der Waals surface area contributed by atoms with Crippen LogP contribution in [-0.2, 0) is 13.0 Å². The number of rotatable bonds is 7. The largest absolute Gasteiger partial charge is 0.497 e. The van der Waals surface area contributed by atoms with Gasteiger partial charge in [-0.1, -0.05) is 31.9 Å². The summed E-state index contributed by atoms with van der Waals surface area (Å²) in [5, 5.41) is 9.34. The van der Waals surface area contributed by atoms with Crippen LogP contribution in [0.1, 0.15) is 43.1 Å². The molecule has 0 fully saturated rings. The lowest BCUT2D eigenvalue weighted by Gasteiger charge is -2.12. The Bertz CT molecular complexity index is 650. The Labute approximate surface area is 132 Å². The Balaban J connectivity index is 2.25. The number of nitriles is 1. The average molecular weight is 297 g/mol. The van der Waals surface area contributed by atoms with Crippen LogP contribution in [0, 0.1) is 11.3 Å². The molecule has 1 aromatic heterocycles. The fourth-order valence-corrected chi connectivity index (χ4v) is 2.62. The number of unbranched alkanes of at least 4 members (excludes halogenated alkanes) is 2. The SMILES string of the molecule is CCCCCc1c(N)cc(C#N)n1Cc1ccc(OC)cc1. The van der Waals surface area contributed by atoms with Crippen molar-refractivity contribution < 1.29 is 4.74 Å². The number of methoxy groups -OCH3 is 1. The first-order valence-corrected chi connectivity index (χ1v) is 7.70. The molecule has 0 aliphatic rings. The molecular formula is C18H23N3O. The summed E-state index contributed by atoms with van der Waals surface area (Å²) in [4.78, 5) is 0. The first kappa shape index (κ1) is 16.0. The molecule has 0 amide bonds. The third-order valence-electron chi connectivity index (χ3n) is 3.87. The van der Waals surface area contributed by atoms with E-state index in [0.717, 1.165) is 35.5 Å². The molecule has 0 spiro atoms. The fraction of sp³-hybridized carbons (Fsp3) is 0.389. The van der Waals surface area contributed by atoms with Crippen molar-refractivity contribution in [3.63, 3.8) is 0 Å². The molecule has 4 nitrogen and oxygen atoms in total. The summed E-state index contributed by atoms with van der Waals surface area (Å²) in [7, 11) is 1.65. The molecule has 116 valence electrons. The molecule has 0 saturated carbocycles. The summed E-state index contributed by atoms with van der Waals surface area (Å²) in [6.07, 6.45) is 4.36. The van der Waals surface area contributed by atoms with Crippen LogP contribution in [0.25, 0.3) is 0 Å². The van der Waals surface area contributed by atoms with Crippen molar-refractivity contribution in [3.05, 3.63) is 47.3 Å². The van der Waals surface area contributed by atoms with Gasteiger partial charge in [0.05, 0.1) is 12.8 Å². The van der Waals surface area contributed by atoms with Crippen molar-refractivity contribution in [1.82, 2.24) is 4.57 Å². The molecule has 0 saturated heterocycles. The van der Waals surface area contributed by atoms with Crippen molar-refractivity contribution in [2.24, 2.45) is 0 Å². The van der Waals surface area contributed by atoms with Gasteiger partial charge >= 0.3 is 0 Å². The number of aromatic nitrogens is 1. The normalized spacial score (nSPS) is 10.4. The molecule has 2 aromatic rings. The van der Waals surface area contributed by atoms with E-state index in [1.807, 2.05) is 28.8 Å². The second-order valence-electron chi connectivity index (χ2n) is 5.43. The predicted octanol–water partition coefficient (Wildman–Crippen LogP) is 3.73. The first-order chi connectivity index (χ1) is 10.7. The summed E-state index contributed by atoms with van der Waals surface area (Å²) in [5.74, 6) is 0.833. The van der Waals surface area contributed by atoms with Crippen molar-refractivity contribution >= 4 is 5.69 Å². The Morgan fingerprint density at radius 1 is 1.23 bits per heavy atom. The Hall–Kier alpha value is -2.41. The van der Waals surface area contributed by atoms with Crippen LogP contribution in [0.3, 0.4) is 0 Å². The van der Waals surface area contributed by atoms with Gasteiger partial charge < -0.3 is 15.0 Å². The number of nitrogens with zero attached hydrogens (tertiary/aromatic N) is 2. The van der Waals surface area contributed by atoms with E-state index in [1.54, 1.807) is 13.2 Å². The standard InChI is InChI=1S/C18H23N3O/c1-3-4-5-6-18-17(20)11-15(12-19)21(18)13-14-7-9-16(22-2)10-8-14/h7-11H,3-6,13,20H2,1-2H3. The van der Waals surface area contributed by atoms with E-state index in [0.29, 0.717) is 12.2 Å². The van der Waals surface area contributed by atoms with Crippen LogP contribution < -0.4 is 10.5 Å². The maximum atomic E-state index is 9.34. The second-order valence-corrected chi connectivity index (χ2v) is 5.43. The molecule has 1 aromatic carbocycles. The summed E-state index contributed by atoms with van der Waals surface area (Å²) in [6, 6.07) is 11.9. The van der Waals surface area contributed by atoms with Crippen molar-refractivity contribution in [2.75, 3.05) is 12.8 Å². The van der Waals surface area contributed by atoms with Gasteiger partial charge in [-0.15, -0.1) is 0 Å². The third kappa shape index (κ3) is 3.62. The van der Waals surface area contributed by atoms with E-state index >= 15 is 0 Å². The molecule has 0 radical (unpaired) electrons. The number of anilines is 1. The van der Waals surface area contributed by atoms with Crippen LogP contribution in [0.2, 0.25) is 0 Å². The van der Waals surface area contributed by atoms with Gasteiger partial charge in [0.2, 0.25) is 0 Å². The predicted molar refractivity (Wildman–Crippen MR) is 88.9 cm³/mol. The van der Waals surface area contributed by atoms with Crippen molar-refractivity contribution in [2.45, 2.75) is 39.2 Å². The lowest BCUT2D eigenvalue weighted by Crippen LogP contribution is -2.08. The Morgan fingerprint density at radius 3 is 2.55 bits per heavy atom. The fourth-order valence-electron chi connectivity index (χ4n) is 2.62. The minimum atomic E-state index is 0.625. The summed E-state index contributed by atoms with van der Waals surface area (Å²) < 4.78 is 7.21. The van der Waals surface area contributed by atoms with E-state index in [9.17, 15) is 5.26 Å². The third-order valence-corrected chi connectivity index (χ3v) is 3.87. The van der Waals surface area contributed by atoms with Gasteiger partial charge in [-0.3, -0.25) is 0 Å². The molecule has 0 bridgehead atoms. The number of nitrogens with two attached hydrogens (primary N) is 1. The summed E-state index contributed by atoms with van der Waals surface area (Å²) in [5.41, 5.74) is 9.65. The molecule has 22 heavy (non-hydrogen) atoms. The zero-order chi connectivity index (χ0) is 15.9. The van der Waals surface area contributed by atoms with E-state index in [1.165, 1.54) is 12.8 Å². The van der Waals surface area contributed by atoms with Gasteiger partial charge in [0.25, 0.3) is 0 Å². The maximum Gasteiger partial charge on any atom is 0.122 e. The molecule has 0 aliphatic carbocycles. The average Bonchev–Trinajstić information content (AvgIpc) is 2.84. The quantitative estimate of drug-likeness (QED) is 0.792. The highest BCUT2D eigenvalue weighted by Gasteiger charge is 2.13. The van der Waals surface area contributed by atoms with Crippen molar-refractivity contribution in [3.8, 4) is 11.8 Å². The number of benzene rings is 1. The monoisotopic (exact) mass is 297 g/mol. The Kier molecular flexibility index (Phi) is 5.48. The maximum absolute atomic E-state index is 9.34. The van der Waals surface area contributed by atoms with Gasteiger partial charge in [-0.2, -0.15) is 5.26 Å². The second kappa shape index (κ2) is 7.56. The molecule has 0 atom stereocenters. The summed E-state index contributed by atoms with van der Waals surface area (Å²) in [6.45, 7) is 2.84. The van der Waals surface area contributed by atoms with Crippen LogP contribution in [-0.4, -0.2) is 11.7 Å². The topological polar surface area (TPSA) is 64.0 Å². The minimum absolute atomic E-state index is 0.625. The lowest BCUT2D eigenvalue weighted by atomic mass is 10.1. The zero-order valence-corrected chi connectivity index (χ0v) is 13.3. The molecular weight excluding hydrogens is 274 g/mol. The highest BCUT2D eigenvalue weighted by Crippen LogP contribution is 2.23. The number of nitrogen functional groups attached to an aromatic ring is 1. The number of hydrogen-bond acceptors (Lipinski definition) is 3. The van der Waals surface area contributed by atoms with E-state index < -0.39 is 0 Å². The van der Waals surface area contributed by atoms with Crippen molar-refractivity contribution in [1.29, 1.82) is 5.26 Å². The Morgan fingerprint density at radius 2 is 1.95 bits per heavy atom. The van der Waals surface area contributed by atoms with Gasteiger partial charge in [0.1, 0.15) is 17.5 Å². The molecule has 2 N–H and O–H groups in total. The first-order valence-electron chi connectivity index (χ1n) is 7.70. The number of hydrogen-bond donors (Lipinski definition) is 1. The highest BCUT2D eigenvalue weighted by molar-refractivity contribution is 5.51. The molecule has 1 heterocycles. The van der Waals surface area contributed by atoms with Gasteiger partial charge in [-0.25, -0.2) is 0 Å². The summed E-state index contributed by atoms with van der Waals surface area (Å²) >= 11 is 0. The number of ether oxygens (including phenoxy) is 1. The van der Waals surface area contributed by atoms with E-state index in [4.69, 9.17) is 10.5 Å². The van der Waals surface area contributed by atoms with E-state index in [-0.39, 0.29) is 0 Å². The van der Waals surface area contributed by atoms with E-state index in [2.05, 4.69) is 13.0 Å². The van der Waals surface area contributed by atoms with Gasteiger partial charge in [0.15, 0.2) is 0 Å². The van der Waals surface area contributed by atoms with Crippen LogP contribution >= 0.6 is 0 Å². The molecule has 0 aliphatic heterocycles. The van der Waals surface area contributed by atoms with Gasteiger partial charge in [0, 0.05) is 12.2 Å². The lowest BCUT2D eigenvalue weighted by molar-refractivity contribution is 0.414. The molecule has 0 unspecified atom stereocenters. The van der Waals surface area contributed by atoms with Gasteiger partial charge in [-0.05, 0) is 36.6 Å². The van der Waals surface area contributed by atoms with Crippen LogP contribution in [0.5, 0.6) is 5.75 Å². The molecule has 4 heteroatoms. The smallest absolute Gasteiger partial charge is 0.122 e. The van der Waals surface area contributed by atoms with Crippen LogP contribution in [0.4, 0.5) is 5.69 Å². The zero-order valence-electron chi connectivity index (χ0n) is 13.3. The van der Waals surface area contributed by atoms with Crippen LogP contribution in [0.15, 0.2) is 30.3 Å². The highest BCUT2D eigenvalue weighted by atomic mass is 16.5. The minimum Gasteiger partial charge on any atom is -0.497 e. The molecule has 2 rings (SSSR count).